The lowest BCUT2D eigenvalue weighted by atomic mass is 9.73. The van der Waals surface area contributed by atoms with Gasteiger partial charge in [0.05, 0.1) is 5.69 Å². The Bertz CT molecular complexity index is 733. The Morgan fingerprint density at radius 3 is 2.87 bits per heavy atom. The molecule has 1 amide bonds. The Morgan fingerprint density at radius 2 is 2.17 bits per heavy atom. The summed E-state index contributed by atoms with van der Waals surface area (Å²) in [5, 5.41) is 4.15. The van der Waals surface area contributed by atoms with Gasteiger partial charge >= 0.3 is 0 Å². The highest BCUT2D eigenvalue weighted by molar-refractivity contribution is 7.15. The molecule has 1 aromatic heterocycles. The smallest absolute Gasteiger partial charge is 0.257 e. The number of benzene rings is 1. The minimum atomic E-state index is -0.161. The van der Waals surface area contributed by atoms with E-state index >= 15 is 0 Å². The van der Waals surface area contributed by atoms with E-state index < -0.39 is 0 Å². The maximum absolute atomic E-state index is 12.3. The maximum Gasteiger partial charge on any atom is 0.257 e. The molecule has 1 aliphatic carbocycles. The molecule has 0 saturated heterocycles. The van der Waals surface area contributed by atoms with Crippen LogP contribution < -0.4 is 5.32 Å². The van der Waals surface area contributed by atoms with Crippen molar-refractivity contribution in [3.05, 3.63) is 45.4 Å². The SMILES string of the molecule is CC(C)(C)[C@@H]1CCc2nc(NC(=O)c3cccc(Cl)c3)sc2C1. The highest BCUT2D eigenvalue weighted by Gasteiger charge is 2.30. The number of rotatable bonds is 2. The van der Waals surface area contributed by atoms with Crippen molar-refractivity contribution < 1.29 is 4.79 Å². The Morgan fingerprint density at radius 1 is 1.39 bits per heavy atom. The summed E-state index contributed by atoms with van der Waals surface area (Å²) in [6, 6.07) is 6.95. The van der Waals surface area contributed by atoms with E-state index in [0.717, 1.165) is 18.5 Å². The van der Waals surface area contributed by atoms with Crippen LogP contribution in [0.4, 0.5) is 5.13 Å². The lowest BCUT2D eigenvalue weighted by Gasteiger charge is -2.33. The average molecular weight is 349 g/mol. The molecular weight excluding hydrogens is 328 g/mol. The van der Waals surface area contributed by atoms with Gasteiger partial charge in [0.2, 0.25) is 0 Å². The first-order valence-corrected chi connectivity index (χ1v) is 9.08. The lowest BCUT2D eigenvalue weighted by Crippen LogP contribution is -2.26. The van der Waals surface area contributed by atoms with Gasteiger partial charge < -0.3 is 0 Å². The fourth-order valence-corrected chi connectivity index (χ4v) is 4.24. The van der Waals surface area contributed by atoms with E-state index in [2.05, 4.69) is 31.1 Å². The van der Waals surface area contributed by atoms with E-state index in [0.29, 0.717) is 27.1 Å². The van der Waals surface area contributed by atoms with Gasteiger partial charge in [0, 0.05) is 15.5 Å². The van der Waals surface area contributed by atoms with E-state index in [1.54, 1.807) is 35.6 Å². The van der Waals surface area contributed by atoms with Crippen LogP contribution in [-0.2, 0) is 12.8 Å². The zero-order valence-electron chi connectivity index (χ0n) is 13.6. The zero-order valence-corrected chi connectivity index (χ0v) is 15.2. The molecular formula is C18H21ClN2OS. The number of fused-ring (bicyclic) bond motifs is 1. The fourth-order valence-electron chi connectivity index (χ4n) is 2.97. The molecule has 0 aliphatic heterocycles. The summed E-state index contributed by atoms with van der Waals surface area (Å²) in [6.07, 6.45) is 3.23. The second-order valence-electron chi connectivity index (χ2n) is 7.16. The van der Waals surface area contributed by atoms with Crippen LogP contribution in [0.3, 0.4) is 0 Å². The number of halogens is 1. The largest absolute Gasteiger partial charge is 0.298 e. The molecule has 5 heteroatoms. The van der Waals surface area contributed by atoms with E-state index in [1.165, 1.54) is 11.3 Å². The summed E-state index contributed by atoms with van der Waals surface area (Å²) in [4.78, 5) is 18.2. The number of hydrogen-bond acceptors (Lipinski definition) is 3. The lowest BCUT2D eigenvalue weighted by molar-refractivity contribution is 0.102. The normalized spacial score (nSPS) is 17.7. The first kappa shape index (κ1) is 16.5. The quantitative estimate of drug-likeness (QED) is 0.810. The second kappa shape index (κ2) is 6.25. The highest BCUT2D eigenvalue weighted by atomic mass is 35.5. The molecule has 1 aromatic carbocycles. The predicted molar refractivity (Wildman–Crippen MR) is 96.5 cm³/mol. The molecule has 1 aliphatic rings. The predicted octanol–water partition coefficient (Wildman–Crippen LogP) is 5.20. The Kier molecular flexibility index (Phi) is 4.47. The number of carbonyl (C=O) groups excluding carboxylic acids is 1. The number of thiazole rings is 1. The monoisotopic (exact) mass is 348 g/mol. The minimum absolute atomic E-state index is 0.161. The molecule has 23 heavy (non-hydrogen) atoms. The number of nitrogens with zero attached hydrogens (tertiary/aromatic N) is 1. The number of anilines is 1. The molecule has 3 nitrogen and oxygen atoms in total. The van der Waals surface area contributed by atoms with Crippen LogP contribution in [-0.4, -0.2) is 10.9 Å². The first-order valence-electron chi connectivity index (χ1n) is 7.88. The number of hydrogen-bond donors (Lipinski definition) is 1. The number of amides is 1. The van der Waals surface area contributed by atoms with Gasteiger partial charge in [-0.2, -0.15) is 0 Å². The van der Waals surface area contributed by atoms with E-state index in [4.69, 9.17) is 11.6 Å². The summed E-state index contributed by atoms with van der Waals surface area (Å²) in [6.45, 7) is 6.89. The van der Waals surface area contributed by atoms with Gasteiger partial charge in [0.25, 0.3) is 5.91 Å². The van der Waals surface area contributed by atoms with Crippen LogP contribution in [0.25, 0.3) is 0 Å². The van der Waals surface area contributed by atoms with Crippen molar-refractivity contribution in [3.8, 4) is 0 Å². The Balaban J connectivity index is 1.74. The highest BCUT2D eigenvalue weighted by Crippen LogP contribution is 2.40. The van der Waals surface area contributed by atoms with E-state index in [1.807, 2.05) is 0 Å². The zero-order chi connectivity index (χ0) is 16.6. The van der Waals surface area contributed by atoms with Gasteiger partial charge in [0.15, 0.2) is 5.13 Å². The van der Waals surface area contributed by atoms with Crippen molar-refractivity contribution in [2.75, 3.05) is 5.32 Å². The molecule has 0 fully saturated rings. The number of carbonyl (C=O) groups is 1. The maximum atomic E-state index is 12.3. The van der Waals surface area contributed by atoms with Crippen LogP contribution >= 0.6 is 22.9 Å². The average Bonchev–Trinajstić information content (AvgIpc) is 2.87. The van der Waals surface area contributed by atoms with Crippen molar-refractivity contribution >= 4 is 34.0 Å². The fraction of sp³-hybridized carbons (Fsp3) is 0.444. The molecule has 0 bridgehead atoms. The van der Waals surface area contributed by atoms with Gasteiger partial charge in [-0.1, -0.05) is 38.4 Å². The summed E-state index contributed by atoms with van der Waals surface area (Å²) in [7, 11) is 0. The minimum Gasteiger partial charge on any atom is -0.298 e. The number of nitrogens with one attached hydrogen (secondary N) is 1. The third-order valence-electron chi connectivity index (χ3n) is 4.47. The Labute approximate surface area is 146 Å². The molecule has 3 rings (SSSR count). The van der Waals surface area contributed by atoms with Gasteiger partial charge in [-0.3, -0.25) is 10.1 Å². The van der Waals surface area contributed by atoms with Crippen molar-refractivity contribution in [1.29, 1.82) is 0 Å². The molecule has 0 spiro atoms. The molecule has 0 radical (unpaired) electrons. The molecule has 1 atom stereocenters. The number of aromatic nitrogens is 1. The molecule has 1 N–H and O–H groups in total. The molecule has 1 heterocycles. The summed E-state index contributed by atoms with van der Waals surface area (Å²) >= 11 is 7.55. The van der Waals surface area contributed by atoms with E-state index in [9.17, 15) is 4.79 Å². The van der Waals surface area contributed by atoms with Crippen LogP contribution in [0.5, 0.6) is 0 Å². The number of aryl methyl sites for hydroxylation is 1. The molecule has 122 valence electrons. The van der Waals surface area contributed by atoms with Crippen molar-refractivity contribution in [3.63, 3.8) is 0 Å². The van der Waals surface area contributed by atoms with Gasteiger partial charge in [0.1, 0.15) is 0 Å². The third-order valence-corrected chi connectivity index (χ3v) is 5.74. The van der Waals surface area contributed by atoms with Gasteiger partial charge in [-0.25, -0.2) is 4.98 Å². The first-order chi connectivity index (χ1) is 10.8. The van der Waals surface area contributed by atoms with Gasteiger partial charge in [-0.15, -0.1) is 11.3 Å². The molecule has 0 unspecified atom stereocenters. The standard InChI is InChI=1S/C18H21ClN2OS/c1-18(2,3)12-7-8-14-15(10-12)23-17(20-14)21-16(22)11-5-4-6-13(19)9-11/h4-6,9,12H,7-8,10H2,1-3H3,(H,20,21,22)/t12-/m1/s1. The summed E-state index contributed by atoms with van der Waals surface area (Å²) in [5.74, 6) is 0.512. The second-order valence-corrected chi connectivity index (χ2v) is 8.68. The van der Waals surface area contributed by atoms with Crippen molar-refractivity contribution in [1.82, 2.24) is 4.98 Å². The van der Waals surface area contributed by atoms with Crippen LogP contribution in [0.2, 0.25) is 5.02 Å². The third kappa shape index (κ3) is 3.75. The summed E-state index contributed by atoms with van der Waals surface area (Å²) < 4.78 is 0. The Hall–Kier alpha value is -1.39. The molecule has 0 saturated carbocycles. The summed E-state index contributed by atoms with van der Waals surface area (Å²) in [5.41, 5.74) is 2.02. The van der Waals surface area contributed by atoms with E-state index in [-0.39, 0.29) is 5.91 Å². The molecule has 2 aromatic rings. The topological polar surface area (TPSA) is 42.0 Å². The van der Waals surface area contributed by atoms with Crippen LogP contribution in [0.1, 0.15) is 48.1 Å². The van der Waals surface area contributed by atoms with Gasteiger partial charge in [-0.05, 0) is 48.8 Å². The van der Waals surface area contributed by atoms with Crippen molar-refractivity contribution in [2.45, 2.75) is 40.0 Å². The van der Waals surface area contributed by atoms with Crippen LogP contribution in [0, 0.1) is 11.3 Å². The van der Waals surface area contributed by atoms with Crippen LogP contribution in [0.15, 0.2) is 24.3 Å². The van der Waals surface area contributed by atoms with Crippen molar-refractivity contribution in [2.24, 2.45) is 11.3 Å².